The number of amides is 1. The lowest BCUT2D eigenvalue weighted by molar-refractivity contribution is -0.145. The van der Waals surface area contributed by atoms with Crippen molar-refractivity contribution in [1.82, 2.24) is 15.3 Å². The van der Waals surface area contributed by atoms with Gasteiger partial charge in [-0.25, -0.2) is 20.0 Å². The number of carboxylic acids is 1. The summed E-state index contributed by atoms with van der Waals surface area (Å²) in [6, 6.07) is 18.6. The summed E-state index contributed by atoms with van der Waals surface area (Å²) in [7, 11) is 0. The molecule has 2 atom stereocenters. The van der Waals surface area contributed by atoms with Gasteiger partial charge in [0.1, 0.15) is 12.6 Å². The molecule has 2 aromatic carbocycles. The molecule has 1 aliphatic rings. The molecule has 1 amide bonds. The molecule has 0 aromatic heterocycles. The molecule has 7 heteroatoms. The van der Waals surface area contributed by atoms with E-state index in [0.717, 1.165) is 31.6 Å². The van der Waals surface area contributed by atoms with Crippen molar-refractivity contribution in [3.8, 4) is 0 Å². The Hall–Kier alpha value is -2.90. The van der Waals surface area contributed by atoms with Crippen molar-refractivity contribution in [3.63, 3.8) is 0 Å². The van der Waals surface area contributed by atoms with Gasteiger partial charge in [-0.3, -0.25) is 4.90 Å². The Morgan fingerprint density at radius 2 is 1.72 bits per heavy atom. The number of aliphatic carboxylic acids is 1. The third kappa shape index (κ3) is 7.07. The summed E-state index contributed by atoms with van der Waals surface area (Å²) in [6.45, 7) is 6.41. The highest BCUT2D eigenvalue weighted by Crippen LogP contribution is 2.18. The third-order valence-electron chi connectivity index (χ3n) is 5.54. The van der Waals surface area contributed by atoms with E-state index in [1.807, 2.05) is 62.4 Å². The summed E-state index contributed by atoms with van der Waals surface area (Å²) in [5, 5.41) is 11.0. The summed E-state index contributed by atoms with van der Waals surface area (Å²) < 4.78 is 5.48. The molecule has 3 rings (SSSR count). The molecule has 0 bridgehead atoms. The van der Waals surface area contributed by atoms with Gasteiger partial charge in [0.05, 0.1) is 0 Å². The number of hydrogen-bond acceptors (Lipinski definition) is 5. The second-order valence-corrected chi connectivity index (χ2v) is 8.73. The topological polar surface area (TPSA) is 82.1 Å². The molecule has 0 saturated carbocycles. The Kier molecular flexibility index (Phi) is 8.64. The number of nitrogens with zero attached hydrogens (tertiary/aromatic N) is 2. The van der Waals surface area contributed by atoms with E-state index in [1.165, 1.54) is 10.6 Å². The molecule has 1 saturated heterocycles. The largest absolute Gasteiger partial charge is 0.480 e. The van der Waals surface area contributed by atoms with Crippen molar-refractivity contribution >= 4 is 12.1 Å². The second-order valence-electron chi connectivity index (χ2n) is 8.73. The maximum Gasteiger partial charge on any atom is 0.425 e. The number of benzene rings is 2. The Balaban J connectivity index is 1.66. The van der Waals surface area contributed by atoms with Gasteiger partial charge in [-0.15, -0.1) is 0 Å². The normalized spacial score (nSPS) is 17.3. The number of rotatable bonds is 10. The standard InChI is InChI=1S/C25H33N3O4/c1-19(2)15-23(24(29)30)28(25(31)32-18-21-11-7-4-8-12-21)26-22-13-14-27(17-22)16-20-9-5-3-6-10-20/h3-12,19,22-23,26H,13-18H2,1-2H3,(H,29,30)/t22-,23-/m0/s1. The van der Waals surface area contributed by atoms with Crippen LogP contribution in [0.25, 0.3) is 0 Å². The average Bonchev–Trinajstić information content (AvgIpc) is 3.22. The molecule has 0 unspecified atom stereocenters. The first kappa shape index (κ1) is 23.8. The van der Waals surface area contributed by atoms with Crippen LogP contribution < -0.4 is 5.43 Å². The monoisotopic (exact) mass is 439 g/mol. The van der Waals surface area contributed by atoms with E-state index in [4.69, 9.17) is 4.74 Å². The van der Waals surface area contributed by atoms with Crippen LogP contribution in [0.5, 0.6) is 0 Å². The number of hydrogen-bond donors (Lipinski definition) is 2. The van der Waals surface area contributed by atoms with Gasteiger partial charge in [0, 0.05) is 25.7 Å². The molecular weight excluding hydrogens is 406 g/mol. The SMILES string of the molecule is CC(C)C[C@@H](C(=O)O)N(N[C@H]1CCN(Cc2ccccc2)C1)C(=O)OCc1ccccc1. The molecule has 2 N–H and O–H groups in total. The molecule has 172 valence electrons. The van der Waals surface area contributed by atoms with Gasteiger partial charge in [0.25, 0.3) is 0 Å². The summed E-state index contributed by atoms with van der Waals surface area (Å²) in [6.07, 6.45) is 0.496. The van der Waals surface area contributed by atoms with E-state index in [0.29, 0.717) is 6.42 Å². The molecule has 2 aromatic rings. The van der Waals surface area contributed by atoms with Crippen LogP contribution in [0.4, 0.5) is 4.79 Å². The summed E-state index contributed by atoms with van der Waals surface area (Å²) in [4.78, 5) is 27.3. The Morgan fingerprint density at radius 3 is 2.31 bits per heavy atom. The molecule has 32 heavy (non-hydrogen) atoms. The number of hydrazine groups is 1. The predicted molar refractivity (Wildman–Crippen MR) is 123 cm³/mol. The van der Waals surface area contributed by atoms with Gasteiger partial charge >= 0.3 is 12.1 Å². The third-order valence-corrected chi connectivity index (χ3v) is 5.54. The van der Waals surface area contributed by atoms with Crippen LogP contribution in [0.2, 0.25) is 0 Å². The summed E-state index contributed by atoms with van der Waals surface area (Å²) in [5.41, 5.74) is 5.28. The highest BCUT2D eigenvalue weighted by atomic mass is 16.6. The van der Waals surface area contributed by atoms with Crippen molar-refractivity contribution in [2.24, 2.45) is 5.92 Å². The Bertz CT molecular complexity index is 860. The van der Waals surface area contributed by atoms with E-state index in [2.05, 4.69) is 22.5 Å². The van der Waals surface area contributed by atoms with E-state index >= 15 is 0 Å². The van der Waals surface area contributed by atoms with Gasteiger partial charge in [-0.2, -0.15) is 0 Å². The fourth-order valence-corrected chi connectivity index (χ4v) is 3.94. The molecular formula is C25H33N3O4. The number of ether oxygens (including phenoxy) is 1. The summed E-state index contributed by atoms with van der Waals surface area (Å²) in [5.74, 6) is -0.928. The molecule has 1 heterocycles. The lowest BCUT2D eigenvalue weighted by Gasteiger charge is -2.32. The Labute approximate surface area is 189 Å². The number of carboxylic acid groups (broad SMARTS) is 1. The lowest BCUT2D eigenvalue weighted by atomic mass is 10.0. The predicted octanol–water partition coefficient (Wildman–Crippen LogP) is 3.90. The quantitative estimate of drug-likeness (QED) is 0.547. The molecule has 0 aliphatic carbocycles. The minimum atomic E-state index is -1.04. The maximum absolute atomic E-state index is 13.0. The average molecular weight is 440 g/mol. The highest BCUT2D eigenvalue weighted by Gasteiger charge is 2.35. The van der Waals surface area contributed by atoms with Crippen LogP contribution in [-0.4, -0.2) is 52.3 Å². The molecule has 1 fully saturated rings. The zero-order valence-electron chi connectivity index (χ0n) is 18.8. The lowest BCUT2D eigenvalue weighted by Crippen LogP contribution is -2.57. The maximum atomic E-state index is 13.0. The zero-order valence-corrected chi connectivity index (χ0v) is 18.8. The van der Waals surface area contributed by atoms with Gasteiger partial charge in [0.15, 0.2) is 0 Å². The van der Waals surface area contributed by atoms with E-state index in [-0.39, 0.29) is 18.6 Å². The fraction of sp³-hybridized carbons (Fsp3) is 0.440. The van der Waals surface area contributed by atoms with Crippen LogP contribution >= 0.6 is 0 Å². The smallest absolute Gasteiger partial charge is 0.425 e. The number of carbonyl (C=O) groups is 2. The highest BCUT2D eigenvalue weighted by molar-refractivity contribution is 5.79. The number of nitrogens with one attached hydrogen (secondary N) is 1. The van der Waals surface area contributed by atoms with Crippen LogP contribution in [0.3, 0.4) is 0 Å². The van der Waals surface area contributed by atoms with Gasteiger partial charge in [-0.1, -0.05) is 74.5 Å². The van der Waals surface area contributed by atoms with Crippen molar-refractivity contribution < 1.29 is 19.4 Å². The molecule has 0 spiro atoms. The van der Waals surface area contributed by atoms with Crippen LogP contribution in [0.1, 0.15) is 37.8 Å². The van der Waals surface area contributed by atoms with E-state index < -0.39 is 18.1 Å². The molecule has 7 nitrogen and oxygen atoms in total. The summed E-state index contributed by atoms with van der Waals surface area (Å²) >= 11 is 0. The first-order chi connectivity index (χ1) is 15.4. The second kappa shape index (κ2) is 11.6. The fourth-order valence-electron chi connectivity index (χ4n) is 3.94. The van der Waals surface area contributed by atoms with Crippen LogP contribution in [-0.2, 0) is 22.7 Å². The van der Waals surface area contributed by atoms with Crippen LogP contribution in [0, 0.1) is 5.92 Å². The van der Waals surface area contributed by atoms with E-state index in [1.54, 1.807) is 0 Å². The number of likely N-dealkylation sites (tertiary alicyclic amines) is 1. The molecule has 0 radical (unpaired) electrons. The van der Waals surface area contributed by atoms with Crippen molar-refractivity contribution in [2.45, 2.75) is 51.9 Å². The zero-order chi connectivity index (χ0) is 22.9. The minimum absolute atomic E-state index is 0.0306. The van der Waals surface area contributed by atoms with Gasteiger partial charge < -0.3 is 9.84 Å². The van der Waals surface area contributed by atoms with Crippen LogP contribution in [0.15, 0.2) is 60.7 Å². The minimum Gasteiger partial charge on any atom is -0.480 e. The van der Waals surface area contributed by atoms with E-state index in [9.17, 15) is 14.7 Å². The Morgan fingerprint density at radius 1 is 1.09 bits per heavy atom. The van der Waals surface area contributed by atoms with Gasteiger partial charge in [0.2, 0.25) is 0 Å². The van der Waals surface area contributed by atoms with Gasteiger partial charge in [-0.05, 0) is 29.9 Å². The first-order valence-corrected chi connectivity index (χ1v) is 11.2. The molecule has 1 aliphatic heterocycles. The van der Waals surface area contributed by atoms with Crippen molar-refractivity contribution in [2.75, 3.05) is 13.1 Å². The van der Waals surface area contributed by atoms with Crippen molar-refractivity contribution in [3.05, 3.63) is 71.8 Å². The van der Waals surface area contributed by atoms with Crippen molar-refractivity contribution in [1.29, 1.82) is 0 Å². The first-order valence-electron chi connectivity index (χ1n) is 11.2. The number of carbonyl (C=O) groups excluding carboxylic acids is 1.